The fraction of sp³-hybridized carbons (Fsp3) is 0. The highest BCUT2D eigenvalue weighted by Gasteiger charge is 2.17. The average molecular weight is 238 g/mol. The van der Waals surface area contributed by atoms with Crippen molar-refractivity contribution >= 4 is 5.88 Å². The molecular weight excluding hydrogens is 228 g/mol. The lowest BCUT2D eigenvalue weighted by molar-refractivity contribution is 0.439. The van der Waals surface area contributed by atoms with E-state index in [2.05, 4.69) is 15.4 Å². The molecule has 0 spiro atoms. The van der Waals surface area contributed by atoms with Crippen LogP contribution >= 0.6 is 0 Å². The van der Waals surface area contributed by atoms with Gasteiger partial charge in [-0.05, 0) is 11.6 Å². The van der Waals surface area contributed by atoms with E-state index in [1.54, 1.807) is 12.4 Å². The second kappa shape index (κ2) is 4.29. The lowest BCUT2D eigenvalue weighted by atomic mass is 10.0. The number of benzene rings is 1. The van der Waals surface area contributed by atoms with Crippen LogP contribution in [0, 0.1) is 0 Å². The quantitative estimate of drug-likeness (QED) is 0.741. The summed E-state index contributed by atoms with van der Waals surface area (Å²) in [5, 5.41) is 11.6. The number of hydrogen-bond acceptors (Lipinski definition) is 5. The van der Waals surface area contributed by atoms with Gasteiger partial charge in [0.25, 0.3) is 0 Å². The largest absolute Gasteiger partial charge is 0.367 e. The molecule has 3 rings (SSSR count). The van der Waals surface area contributed by atoms with Crippen molar-refractivity contribution in [1.29, 1.82) is 0 Å². The Morgan fingerprint density at radius 3 is 2.50 bits per heavy atom. The van der Waals surface area contributed by atoms with Crippen molar-refractivity contribution in [3.8, 4) is 22.4 Å². The van der Waals surface area contributed by atoms with E-state index in [1.165, 1.54) is 0 Å². The molecule has 0 amide bonds. The molecule has 0 saturated heterocycles. The lowest BCUT2D eigenvalue weighted by Crippen LogP contribution is -1.88. The van der Waals surface area contributed by atoms with Gasteiger partial charge in [0.15, 0.2) is 0 Å². The van der Waals surface area contributed by atoms with E-state index >= 15 is 0 Å². The molecule has 0 radical (unpaired) electrons. The Kier molecular flexibility index (Phi) is 2.49. The van der Waals surface area contributed by atoms with Gasteiger partial charge in [-0.3, -0.25) is 0 Å². The number of nitrogens with two attached hydrogens (primary N) is 1. The van der Waals surface area contributed by atoms with Crippen LogP contribution in [0.1, 0.15) is 0 Å². The summed E-state index contributed by atoms with van der Waals surface area (Å²) in [5.74, 6) is 0.299. The molecule has 0 unspecified atom stereocenters. The van der Waals surface area contributed by atoms with Crippen LogP contribution in [0.25, 0.3) is 22.4 Å². The first kappa shape index (κ1) is 10.5. The molecule has 0 aliphatic heterocycles. The standard InChI is InChI=1S/C13H10N4O/c14-13-11(9-4-2-1-3-5-9)12(17-18-13)10-6-7-15-16-8-10/h1-8H,14H2. The number of anilines is 1. The highest BCUT2D eigenvalue weighted by Crippen LogP contribution is 2.35. The number of aromatic nitrogens is 3. The van der Waals surface area contributed by atoms with Gasteiger partial charge in [0.1, 0.15) is 5.69 Å². The molecule has 0 aliphatic carbocycles. The molecule has 2 aromatic heterocycles. The Morgan fingerprint density at radius 2 is 1.78 bits per heavy atom. The van der Waals surface area contributed by atoms with Crippen LogP contribution in [0.5, 0.6) is 0 Å². The van der Waals surface area contributed by atoms with E-state index in [1.807, 2.05) is 36.4 Å². The van der Waals surface area contributed by atoms with Gasteiger partial charge >= 0.3 is 0 Å². The Bertz CT molecular complexity index is 649. The van der Waals surface area contributed by atoms with E-state index in [0.717, 1.165) is 16.7 Å². The fourth-order valence-electron chi connectivity index (χ4n) is 1.81. The summed E-state index contributed by atoms with van der Waals surface area (Å²) >= 11 is 0. The van der Waals surface area contributed by atoms with Crippen molar-refractivity contribution in [1.82, 2.24) is 15.4 Å². The fourth-order valence-corrected chi connectivity index (χ4v) is 1.81. The van der Waals surface area contributed by atoms with Gasteiger partial charge in [0.2, 0.25) is 5.88 Å². The molecule has 1 aromatic carbocycles. The monoisotopic (exact) mass is 238 g/mol. The summed E-state index contributed by atoms with van der Waals surface area (Å²) in [6.45, 7) is 0. The van der Waals surface area contributed by atoms with Crippen LogP contribution in [-0.4, -0.2) is 15.4 Å². The first-order valence-corrected chi connectivity index (χ1v) is 5.44. The lowest BCUT2D eigenvalue weighted by Gasteiger charge is -2.01. The van der Waals surface area contributed by atoms with Crippen LogP contribution in [0.4, 0.5) is 5.88 Å². The van der Waals surface area contributed by atoms with E-state index in [-0.39, 0.29) is 0 Å². The summed E-state index contributed by atoms with van der Waals surface area (Å²) in [6, 6.07) is 11.6. The van der Waals surface area contributed by atoms with E-state index in [9.17, 15) is 0 Å². The van der Waals surface area contributed by atoms with Crippen LogP contribution in [-0.2, 0) is 0 Å². The smallest absolute Gasteiger partial charge is 0.230 e. The van der Waals surface area contributed by atoms with Crippen LogP contribution in [0.3, 0.4) is 0 Å². The van der Waals surface area contributed by atoms with Gasteiger partial charge in [0, 0.05) is 5.56 Å². The molecule has 2 N–H and O–H groups in total. The van der Waals surface area contributed by atoms with Gasteiger partial charge < -0.3 is 10.3 Å². The maximum absolute atomic E-state index is 5.85. The van der Waals surface area contributed by atoms with Crippen LogP contribution in [0.2, 0.25) is 0 Å². The average Bonchev–Trinajstić information content (AvgIpc) is 2.83. The molecular formula is C13H10N4O. The Balaban J connectivity index is 2.19. The van der Waals surface area contributed by atoms with E-state index in [0.29, 0.717) is 11.6 Å². The zero-order chi connectivity index (χ0) is 12.4. The van der Waals surface area contributed by atoms with Crippen molar-refractivity contribution in [2.24, 2.45) is 0 Å². The molecule has 0 atom stereocenters. The van der Waals surface area contributed by atoms with Crippen molar-refractivity contribution < 1.29 is 4.52 Å². The third-order valence-electron chi connectivity index (χ3n) is 2.64. The summed E-state index contributed by atoms with van der Waals surface area (Å²) in [5.41, 5.74) is 9.09. The topological polar surface area (TPSA) is 77.8 Å². The van der Waals surface area contributed by atoms with Gasteiger partial charge in [-0.25, -0.2) is 0 Å². The van der Waals surface area contributed by atoms with Gasteiger partial charge in [0.05, 0.1) is 18.0 Å². The second-order valence-corrected chi connectivity index (χ2v) is 3.77. The van der Waals surface area contributed by atoms with Crippen molar-refractivity contribution in [2.45, 2.75) is 0 Å². The highest BCUT2D eigenvalue weighted by molar-refractivity contribution is 5.86. The molecule has 0 aliphatic rings. The SMILES string of the molecule is Nc1onc(-c2ccnnc2)c1-c1ccccc1. The molecule has 0 bridgehead atoms. The normalized spacial score (nSPS) is 10.4. The Morgan fingerprint density at radius 1 is 0.944 bits per heavy atom. The molecule has 5 heteroatoms. The molecule has 18 heavy (non-hydrogen) atoms. The predicted octanol–water partition coefficient (Wildman–Crippen LogP) is 2.38. The molecule has 0 saturated carbocycles. The molecule has 3 aromatic rings. The number of nitrogens with zero attached hydrogens (tertiary/aromatic N) is 3. The summed E-state index contributed by atoms with van der Waals surface area (Å²) in [6.07, 6.45) is 3.23. The zero-order valence-corrected chi connectivity index (χ0v) is 9.45. The third-order valence-corrected chi connectivity index (χ3v) is 2.64. The minimum atomic E-state index is 0.299. The van der Waals surface area contributed by atoms with Gasteiger partial charge in [-0.15, -0.1) is 0 Å². The molecule has 0 fully saturated rings. The summed E-state index contributed by atoms with van der Waals surface area (Å²) < 4.78 is 5.08. The number of rotatable bonds is 2. The maximum Gasteiger partial charge on any atom is 0.230 e. The maximum atomic E-state index is 5.85. The first-order chi connectivity index (χ1) is 8.86. The van der Waals surface area contributed by atoms with Crippen LogP contribution < -0.4 is 5.73 Å². The molecule has 2 heterocycles. The van der Waals surface area contributed by atoms with Crippen molar-refractivity contribution in [2.75, 3.05) is 5.73 Å². The minimum Gasteiger partial charge on any atom is -0.367 e. The number of hydrogen-bond donors (Lipinski definition) is 1. The van der Waals surface area contributed by atoms with E-state index < -0.39 is 0 Å². The minimum absolute atomic E-state index is 0.299. The third kappa shape index (κ3) is 1.71. The highest BCUT2D eigenvalue weighted by atomic mass is 16.5. The zero-order valence-electron chi connectivity index (χ0n) is 9.45. The van der Waals surface area contributed by atoms with E-state index in [4.69, 9.17) is 10.3 Å². The van der Waals surface area contributed by atoms with Gasteiger partial charge in [-0.1, -0.05) is 35.5 Å². The Hall–Kier alpha value is -2.69. The predicted molar refractivity (Wildman–Crippen MR) is 67.4 cm³/mol. The number of nitrogen functional groups attached to an aromatic ring is 1. The van der Waals surface area contributed by atoms with Crippen LogP contribution in [0.15, 0.2) is 53.3 Å². The Labute approximate surface area is 103 Å². The summed E-state index contributed by atoms with van der Waals surface area (Å²) in [7, 11) is 0. The molecule has 5 nitrogen and oxygen atoms in total. The van der Waals surface area contributed by atoms with Crippen molar-refractivity contribution in [3.05, 3.63) is 48.8 Å². The second-order valence-electron chi connectivity index (χ2n) is 3.77. The van der Waals surface area contributed by atoms with Crippen molar-refractivity contribution in [3.63, 3.8) is 0 Å². The summed E-state index contributed by atoms with van der Waals surface area (Å²) in [4.78, 5) is 0. The van der Waals surface area contributed by atoms with Gasteiger partial charge in [-0.2, -0.15) is 10.2 Å². The molecule has 88 valence electrons. The first-order valence-electron chi connectivity index (χ1n) is 5.44.